The minimum Gasteiger partial charge on any atom is -0.480 e. The van der Waals surface area contributed by atoms with Crippen molar-refractivity contribution < 1.29 is 27.8 Å². The van der Waals surface area contributed by atoms with Crippen molar-refractivity contribution in [2.24, 2.45) is 11.8 Å². The molecule has 0 aromatic heterocycles. The maximum Gasteiger partial charge on any atom is 0.573 e. The summed E-state index contributed by atoms with van der Waals surface area (Å²) in [5.41, 5.74) is -0.814. The number of rotatable bonds is 4. The van der Waals surface area contributed by atoms with Crippen molar-refractivity contribution in [3.05, 3.63) is 23.2 Å². The van der Waals surface area contributed by atoms with E-state index in [1.54, 1.807) is 0 Å². The minimum absolute atomic E-state index is 0.223. The van der Waals surface area contributed by atoms with Gasteiger partial charge in [0.25, 0.3) is 0 Å². The average molecular weight is 366 g/mol. The van der Waals surface area contributed by atoms with E-state index in [2.05, 4.69) is 10.1 Å². The summed E-state index contributed by atoms with van der Waals surface area (Å²) in [5, 5.41) is 12.4. The number of carboxylic acids is 1. The summed E-state index contributed by atoms with van der Waals surface area (Å²) in [6, 6.07) is 3.65. The van der Waals surface area contributed by atoms with Gasteiger partial charge < -0.3 is 15.2 Å². The van der Waals surface area contributed by atoms with Crippen molar-refractivity contribution in [3.8, 4) is 5.75 Å². The van der Waals surface area contributed by atoms with Gasteiger partial charge in [0.2, 0.25) is 0 Å². The third kappa shape index (κ3) is 4.47. The maximum atomic E-state index is 12.3. The molecule has 0 spiro atoms. The summed E-state index contributed by atoms with van der Waals surface area (Å²) >= 11 is 5.82. The molecule has 0 radical (unpaired) electrons. The van der Waals surface area contributed by atoms with E-state index in [9.17, 15) is 23.1 Å². The van der Waals surface area contributed by atoms with Crippen molar-refractivity contribution in [2.75, 3.05) is 5.32 Å². The van der Waals surface area contributed by atoms with Gasteiger partial charge in [0.15, 0.2) is 0 Å². The van der Waals surface area contributed by atoms with E-state index >= 15 is 0 Å². The molecule has 0 amide bonds. The lowest BCUT2D eigenvalue weighted by molar-refractivity contribution is -0.274. The van der Waals surface area contributed by atoms with E-state index in [0.29, 0.717) is 18.5 Å². The zero-order chi connectivity index (χ0) is 18.1. The lowest BCUT2D eigenvalue weighted by Crippen LogP contribution is -2.51. The first kappa shape index (κ1) is 18.7. The molecule has 0 aliphatic heterocycles. The second-order valence-electron chi connectivity index (χ2n) is 6.56. The monoisotopic (exact) mass is 365 g/mol. The topological polar surface area (TPSA) is 58.6 Å². The SMILES string of the molecule is CC1CC(C)CC(Nc2ccc(OC(F)(F)F)c(Cl)c2)(C(=O)O)C1. The van der Waals surface area contributed by atoms with Gasteiger partial charge in [-0.1, -0.05) is 25.4 Å². The zero-order valence-electron chi connectivity index (χ0n) is 13.3. The molecule has 4 nitrogen and oxygen atoms in total. The van der Waals surface area contributed by atoms with Gasteiger partial charge in [-0.2, -0.15) is 0 Å². The molecule has 1 aliphatic rings. The van der Waals surface area contributed by atoms with Crippen LogP contribution in [-0.2, 0) is 4.79 Å². The molecule has 1 aromatic carbocycles. The lowest BCUT2D eigenvalue weighted by atomic mass is 9.71. The van der Waals surface area contributed by atoms with E-state index in [0.717, 1.165) is 12.5 Å². The van der Waals surface area contributed by atoms with E-state index in [-0.39, 0.29) is 16.9 Å². The Hall–Kier alpha value is -1.63. The van der Waals surface area contributed by atoms with Gasteiger partial charge in [-0.25, -0.2) is 4.79 Å². The molecular weight excluding hydrogens is 347 g/mol. The smallest absolute Gasteiger partial charge is 0.480 e. The molecule has 2 atom stereocenters. The molecule has 0 saturated heterocycles. The van der Waals surface area contributed by atoms with Crippen LogP contribution in [0.3, 0.4) is 0 Å². The molecule has 2 unspecified atom stereocenters. The highest BCUT2D eigenvalue weighted by molar-refractivity contribution is 6.32. The molecule has 1 saturated carbocycles. The van der Waals surface area contributed by atoms with Gasteiger partial charge in [0.05, 0.1) is 5.02 Å². The Morgan fingerprint density at radius 1 is 1.33 bits per heavy atom. The molecule has 0 heterocycles. The van der Waals surface area contributed by atoms with E-state index in [1.807, 2.05) is 13.8 Å². The van der Waals surface area contributed by atoms with Crippen molar-refractivity contribution in [1.82, 2.24) is 0 Å². The van der Waals surface area contributed by atoms with Crippen LogP contribution in [0.1, 0.15) is 33.1 Å². The van der Waals surface area contributed by atoms with E-state index in [4.69, 9.17) is 11.6 Å². The Labute approximate surface area is 142 Å². The van der Waals surface area contributed by atoms with Crippen molar-refractivity contribution >= 4 is 23.3 Å². The third-order valence-electron chi connectivity index (χ3n) is 4.15. The van der Waals surface area contributed by atoms with Crippen LogP contribution in [0.15, 0.2) is 18.2 Å². The summed E-state index contributed by atoms with van der Waals surface area (Å²) in [4.78, 5) is 11.8. The largest absolute Gasteiger partial charge is 0.573 e. The van der Waals surface area contributed by atoms with Crippen LogP contribution in [0, 0.1) is 11.8 Å². The summed E-state index contributed by atoms with van der Waals surface area (Å²) in [6.45, 7) is 3.98. The highest BCUT2D eigenvalue weighted by atomic mass is 35.5. The fourth-order valence-corrected chi connectivity index (χ4v) is 3.74. The van der Waals surface area contributed by atoms with Gasteiger partial charge in [-0.05, 0) is 49.3 Å². The second-order valence-corrected chi connectivity index (χ2v) is 6.97. The standard InChI is InChI=1S/C16H19ClF3NO3/c1-9-5-10(2)8-15(7-9,14(22)23)21-11-3-4-13(12(17)6-11)24-16(18,19)20/h3-4,6,9-10,21H,5,7-8H2,1-2H3,(H,22,23). The molecule has 134 valence electrons. The van der Waals surface area contributed by atoms with Crippen LogP contribution < -0.4 is 10.1 Å². The first-order valence-electron chi connectivity index (χ1n) is 7.57. The number of alkyl halides is 3. The summed E-state index contributed by atoms with van der Waals surface area (Å²) in [5.74, 6) is -1.06. The molecule has 1 fully saturated rings. The lowest BCUT2D eigenvalue weighted by Gasteiger charge is -2.41. The molecule has 2 N–H and O–H groups in total. The normalized spacial score (nSPS) is 27.6. The second kappa shape index (κ2) is 6.70. The van der Waals surface area contributed by atoms with E-state index in [1.165, 1.54) is 12.1 Å². The fourth-order valence-electron chi connectivity index (χ4n) is 3.52. The van der Waals surface area contributed by atoms with Crippen LogP contribution in [0.2, 0.25) is 5.02 Å². The van der Waals surface area contributed by atoms with Gasteiger partial charge in [0, 0.05) is 5.69 Å². The number of nitrogens with one attached hydrogen (secondary N) is 1. The number of carbonyl (C=O) groups is 1. The summed E-state index contributed by atoms with van der Waals surface area (Å²) < 4.78 is 40.6. The molecule has 2 rings (SSSR count). The predicted molar refractivity (Wildman–Crippen MR) is 84.3 cm³/mol. The number of halogens is 4. The van der Waals surface area contributed by atoms with Gasteiger partial charge in [0.1, 0.15) is 11.3 Å². The average Bonchev–Trinajstić information content (AvgIpc) is 2.39. The summed E-state index contributed by atoms with van der Waals surface area (Å²) in [7, 11) is 0. The molecule has 24 heavy (non-hydrogen) atoms. The fraction of sp³-hybridized carbons (Fsp3) is 0.562. The van der Waals surface area contributed by atoms with Crippen LogP contribution in [0.4, 0.5) is 18.9 Å². The number of anilines is 1. The van der Waals surface area contributed by atoms with Crippen molar-refractivity contribution in [3.63, 3.8) is 0 Å². The first-order chi connectivity index (χ1) is 11.0. The number of aliphatic carboxylic acids is 1. The Morgan fingerprint density at radius 2 is 1.92 bits per heavy atom. The number of hydrogen-bond donors (Lipinski definition) is 2. The van der Waals surface area contributed by atoms with Crippen LogP contribution >= 0.6 is 11.6 Å². The van der Waals surface area contributed by atoms with Gasteiger partial charge >= 0.3 is 12.3 Å². The summed E-state index contributed by atoms with van der Waals surface area (Å²) in [6.07, 6.45) is -3.03. The number of benzene rings is 1. The quantitative estimate of drug-likeness (QED) is 0.794. The van der Waals surface area contributed by atoms with Crippen LogP contribution in [0.5, 0.6) is 5.75 Å². The molecule has 1 aromatic rings. The van der Waals surface area contributed by atoms with Crippen LogP contribution in [0.25, 0.3) is 0 Å². The van der Waals surface area contributed by atoms with Crippen molar-refractivity contribution in [2.45, 2.75) is 45.0 Å². The van der Waals surface area contributed by atoms with E-state index < -0.39 is 23.6 Å². The third-order valence-corrected chi connectivity index (χ3v) is 4.44. The molecular formula is C16H19ClF3NO3. The maximum absolute atomic E-state index is 12.3. The Morgan fingerprint density at radius 3 is 2.38 bits per heavy atom. The highest BCUT2D eigenvalue weighted by Gasteiger charge is 2.44. The molecule has 0 bridgehead atoms. The first-order valence-corrected chi connectivity index (χ1v) is 7.95. The zero-order valence-corrected chi connectivity index (χ0v) is 14.0. The Bertz CT molecular complexity index is 611. The number of hydrogen-bond acceptors (Lipinski definition) is 3. The minimum atomic E-state index is -4.84. The van der Waals surface area contributed by atoms with Crippen LogP contribution in [-0.4, -0.2) is 23.0 Å². The molecule has 1 aliphatic carbocycles. The van der Waals surface area contributed by atoms with Gasteiger partial charge in [-0.15, -0.1) is 13.2 Å². The Balaban J connectivity index is 2.24. The Kier molecular flexibility index (Phi) is 5.22. The number of carboxylic acid groups (broad SMARTS) is 1. The predicted octanol–water partition coefficient (Wildman–Crippen LogP) is 4.93. The molecule has 8 heteroatoms. The van der Waals surface area contributed by atoms with Gasteiger partial charge in [-0.3, -0.25) is 0 Å². The number of ether oxygens (including phenoxy) is 1. The van der Waals surface area contributed by atoms with Crippen molar-refractivity contribution in [1.29, 1.82) is 0 Å². The highest BCUT2D eigenvalue weighted by Crippen LogP contribution is 2.40.